The third kappa shape index (κ3) is 116. The van der Waals surface area contributed by atoms with Crippen molar-refractivity contribution in [1.29, 1.82) is 0 Å². The maximum Gasteiger partial charge on any atom is 2.00 e. The van der Waals surface area contributed by atoms with Gasteiger partial charge in [-0.2, -0.15) is 7.82 Å². The second-order valence-electron chi connectivity index (χ2n) is 0.447. The maximum absolute atomic E-state index is 8.55. The van der Waals surface area contributed by atoms with Gasteiger partial charge in [0.05, 0.1) is 0 Å². The van der Waals surface area contributed by atoms with Crippen molar-refractivity contribution in [2.24, 2.45) is 0 Å². The minimum Gasteiger partial charge on any atom is -0.870 e. The molecule has 0 heterocycles. The number of rotatable bonds is 0. The molecule has 51 valence electrons. The summed E-state index contributed by atoms with van der Waals surface area (Å²) in [5, 5.41) is 0. The molecule has 5 nitrogen and oxygen atoms in total. The fraction of sp³-hybridized carbons (Fsp3) is 0. The van der Waals surface area contributed by atoms with E-state index in [4.69, 9.17) is 19.2 Å². The van der Waals surface area contributed by atoms with E-state index in [-0.39, 0.29) is 100 Å². The van der Waals surface area contributed by atoms with Crippen molar-refractivity contribution in [3.05, 3.63) is 0 Å². The molecule has 10 heteroatoms. The summed E-state index contributed by atoms with van der Waals surface area (Å²) in [6.07, 6.45) is 0. The molecule has 0 aromatic carbocycles. The second kappa shape index (κ2) is 18.0. The van der Waals surface area contributed by atoms with E-state index in [1.807, 2.05) is 0 Å². The fourth-order valence-electron chi connectivity index (χ4n) is 0. The van der Waals surface area contributed by atoms with Gasteiger partial charge in [0.25, 0.3) is 0 Å². The van der Waals surface area contributed by atoms with Crippen LogP contribution in [0.15, 0.2) is 0 Å². The Bertz CT molecular complexity index is 67.8. The third-order valence-corrected chi connectivity index (χ3v) is 0. The number of hydrogen-bond donors (Lipinski definition) is 0. The Morgan fingerprint density at radius 1 is 1.10 bits per heavy atom. The molecule has 0 saturated heterocycles. The van der Waals surface area contributed by atoms with Crippen LogP contribution in [0.5, 0.6) is 0 Å². The van der Waals surface area contributed by atoms with Gasteiger partial charge in [-0.3, -0.25) is 0 Å². The Kier molecular flexibility index (Phi) is 68.5. The van der Waals surface area contributed by atoms with Crippen molar-refractivity contribution >= 4 is 68.6 Å². The molecule has 0 aliphatic carbocycles. The smallest absolute Gasteiger partial charge is 0.870 e. The van der Waals surface area contributed by atoms with Gasteiger partial charge in [0.1, 0.15) is 0 Å². The monoisotopic (exact) mass is 287 g/mol. The van der Waals surface area contributed by atoms with Gasteiger partial charge in [-0.15, -0.1) is 0 Å². The van der Waals surface area contributed by atoms with Gasteiger partial charge in [0.2, 0.25) is 0 Å². The van der Waals surface area contributed by atoms with Gasteiger partial charge >= 0.3 is 94.9 Å². The van der Waals surface area contributed by atoms with Crippen LogP contribution in [0.25, 0.3) is 0 Å². The van der Waals surface area contributed by atoms with Crippen LogP contribution in [0.1, 0.15) is 0 Å². The van der Waals surface area contributed by atoms with E-state index < -0.39 is 7.82 Å². The van der Waals surface area contributed by atoms with Crippen LogP contribution in [0.4, 0.5) is 0 Å². The van der Waals surface area contributed by atoms with Crippen molar-refractivity contribution in [1.82, 2.24) is 0 Å². The molecule has 0 aliphatic rings. The minimum absolute atomic E-state index is 0. The van der Waals surface area contributed by atoms with Crippen molar-refractivity contribution in [3.8, 4) is 0 Å². The molecule has 0 spiro atoms. The first-order chi connectivity index (χ1) is 2.00. The van der Waals surface area contributed by atoms with Crippen molar-refractivity contribution in [2.45, 2.75) is 0 Å². The molecule has 0 atom stereocenters. The van der Waals surface area contributed by atoms with E-state index in [1.165, 1.54) is 0 Å². The zero-order chi connectivity index (χ0) is 4.50. The van der Waals surface area contributed by atoms with Crippen LogP contribution >= 0.6 is 7.82 Å². The molecular weight excluding hydrogens is 286 g/mol. The molecule has 0 amide bonds. The summed E-state index contributed by atoms with van der Waals surface area (Å²) >= 11 is 0. The molecule has 0 rings (SSSR count). The van der Waals surface area contributed by atoms with Crippen molar-refractivity contribution in [2.75, 3.05) is 0 Å². The van der Waals surface area contributed by atoms with E-state index in [2.05, 4.69) is 0 Å². The molecule has 0 aromatic rings. The summed E-state index contributed by atoms with van der Waals surface area (Å²) < 4.78 is 8.55. The first-order valence-corrected chi connectivity index (χ1v) is 2.19. The van der Waals surface area contributed by atoms with Crippen molar-refractivity contribution < 1.29 is 58.9 Å². The topological polar surface area (TPSA) is 116 Å². The van der Waals surface area contributed by atoms with E-state index >= 15 is 0 Å². The molecule has 1 N–H and O–H groups in total. The van der Waals surface area contributed by atoms with Gasteiger partial charge in [0, 0.05) is 0 Å². The van der Waals surface area contributed by atoms with Crippen LogP contribution in [0.2, 0.25) is 0 Å². The first-order valence-electron chi connectivity index (χ1n) is 0.730. The van der Waals surface area contributed by atoms with Gasteiger partial charge in [-0.25, -0.2) is 0 Å². The Morgan fingerprint density at radius 2 is 1.10 bits per heavy atom. The van der Waals surface area contributed by atoms with Gasteiger partial charge < -0.3 is 24.7 Å². The van der Waals surface area contributed by atoms with Gasteiger partial charge in [-0.1, -0.05) is 0 Å². The zero-order valence-electron chi connectivity index (χ0n) is 4.67. The van der Waals surface area contributed by atoms with Crippen LogP contribution in [0.3, 0.4) is 0 Å². The number of phosphoric acid groups is 1. The summed E-state index contributed by atoms with van der Waals surface area (Å²) in [4.78, 5) is 25.6. The molecule has 1 radical (unpaired) electrons. The summed E-state index contributed by atoms with van der Waals surface area (Å²) in [6, 6.07) is 0. The Morgan fingerprint density at radius 3 is 1.10 bits per heavy atom. The third-order valence-electron chi connectivity index (χ3n) is 0. The Hall–Kier alpha value is 3.13. The van der Waals surface area contributed by atoms with Gasteiger partial charge in [-0.05, 0) is 0 Å². The van der Waals surface area contributed by atoms with Crippen LogP contribution < -0.4 is 14.7 Å². The predicted molar refractivity (Wildman–Crippen MR) is 21.1 cm³/mol. The number of hydrogen-bond acceptors (Lipinski definition) is 5. The molecule has 0 fully saturated rings. The Balaban J connectivity index is -0.00000000800. The van der Waals surface area contributed by atoms with Crippen LogP contribution in [-0.2, 0) is 38.7 Å². The summed E-state index contributed by atoms with van der Waals surface area (Å²) in [5.41, 5.74) is 0. The fourth-order valence-corrected chi connectivity index (χ4v) is 0. The van der Waals surface area contributed by atoms with Crippen LogP contribution in [0, 0.1) is 0 Å². The first kappa shape index (κ1) is 38.0. The normalized spacial score (nSPS) is 5.90. The van der Waals surface area contributed by atoms with E-state index in [1.54, 1.807) is 0 Å². The second-order valence-corrected chi connectivity index (χ2v) is 1.34. The summed E-state index contributed by atoms with van der Waals surface area (Å²) in [6.45, 7) is 0. The van der Waals surface area contributed by atoms with E-state index in [9.17, 15) is 0 Å². The van der Waals surface area contributed by atoms with Crippen LogP contribution in [-0.4, -0.2) is 66.3 Å². The molecule has 0 saturated carbocycles. The van der Waals surface area contributed by atoms with Gasteiger partial charge in [0.15, 0.2) is 0 Å². The average molecular weight is 287 g/mol. The minimum atomic E-state index is -5.39. The largest absolute Gasteiger partial charge is 2.00 e. The standard InChI is InChI=1S/Ca.Fe.Mg.Mn.H3O4P.H2O/c;;;;1-5(2,3)4;/h;;;;(H3,1,2,3,4);1H2/q4*+2;;/p-4. The molecule has 0 aromatic heterocycles. The van der Waals surface area contributed by atoms with E-state index in [0.29, 0.717) is 0 Å². The molecule has 0 bridgehead atoms. The van der Waals surface area contributed by atoms with Crippen molar-refractivity contribution in [3.63, 3.8) is 0 Å². The quantitative estimate of drug-likeness (QED) is 0.335. The zero-order valence-corrected chi connectivity index (χ0v) is 11.5. The van der Waals surface area contributed by atoms with E-state index in [0.717, 1.165) is 0 Å². The predicted octanol–water partition coefficient (Wildman–Crippen LogP) is -3.77. The average Bonchev–Trinajstić information content (AvgIpc) is 0.722. The summed E-state index contributed by atoms with van der Waals surface area (Å²) in [7, 11) is -5.39. The molecule has 0 aliphatic heterocycles. The SMILES string of the molecule is O=P([O-])([O-])[O-].[Ca+2].[Fe+2].[Mg+2].[Mn+2].[OH-]. The molecule has 10 heavy (non-hydrogen) atoms. The summed E-state index contributed by atoms with van der Waals surface area (Å²) in [5.74, 6) is 0. The Labute approximate surface area is 125 Å². The molecular formula is HCaFeMgMnO5P+4. The molecule has 0 unspecified atom stereocenters. The maximum atomic E-state index is 8.55.